The third-order valence-electron chi connectivity index (χ3n) is 4.24. The third-order valence-corrected chi connectivity index (χ3v) is 4.56. The van der Waals surface area contributed by atoms with Crippen LogP contribution >= 0.6 is 11.6 Å². The minimum atomic E-state index is -0.302. The molecule has 7 heteroatoms. The van der Waals surface area contributed by atoms with Crippen LogP contribution in [0.4, 0.5) is 11.4 Å². The highest BCUT2D eigenvalue weighted by atomic mass is 35.5. The lowest BCUT2D eigenvalue weighted by Crippen LogP contribution is -2.17. The van der Waals surface area contributed by atoms with Gasteiger partial charge in [0.15, 0.2) is 11.5 Å². The van der Waals surface area contributed by atoms with E-state index in [-0.39, 0.29) is 17.7 Å². The summed E-state index contributed by atoms with van der Waals surface area (Å²) in [6.45, 7) is 0.925. The van der Waals surface area contributed by atoms with Crippen molar-refractivity contribution in [1.82, 2.24) is 0 Å². The molecular weight excluding hydrogens is 356 g/mol. The summed E-state index contributed by atoms with van der Waals surface area (Å²) in [5.41, 5.74) is 1.59. The van der Waals surface area contributed by atoms with E-state index in [4.69, 9.17) is 21.1 Å². The zero-order chi connectivity index (χ0) is 18.1. The Balaban J connectivity index is 1.45. The molecule has 134 valence electrons. The lowest BCUT2D eigenvalue weighted by atomic mass is 10.1. The van der Waals surface area contributed by atoms with Gasteiger partial charge in [0.2, 0.25) is 5.91 Å². The van der Waals surface area contributed by atoms with E-state index in [1.165, 1.54) is 0 Å². The number of rotatable bonds is 4. The molecular formula is C19H17ClN2O4. The number of benzene rings is 2. The van der Waals surface area contributed by atoms with E-state index in [1.54, 1.807) is 36.4 Å². The van der Waals surface area contributed by atoms with Gasteiger partial charge in [0, 0.05) is 29.3 Å². The van der Waals surface area contributed by atoms with Crippen molar-refractivity contribution >= 4 is 34.8 Å². The predicted molar refractivity (Wildman–Crippen MR) is 98.2 cm³/mol. The van der Waals surface area contributed by atoms with Gasteiger partial charge in [-0.15, -0.1) is 0 Å². The summed E-state index contributed by atoms with van der Waals surface area (Å²) < 4.78 is 11.0. The molecule has 1 saturated carbocycles. The van der Waals surface area contributed by atoms with Gasteiger partial charge in [-0.2, -0.15) is 0 Å². The van der Waals surface area contributed by atoms with E-state index >= 15 is 0 Å². The van der Waals surface area contributed by atoms with Crippen LogP contribution in [0.1, 0.15) is 23.2 Å². The van der Waals surface area contributed by atoms with Crippen molar-refractivity contribution < 1.29 is 19.1 Å². The number of amides is 2. The molecule has 2 aromatic rings. The summed E-state index contributed by atoms with van der Waals surface area (Å²) in [6, 6.07) is 10.0. The van der Waals surface area contributed by atoms with Gasteiger partial charge in [-0.1, -0.05) is 11.6 Å². The molecule has 0 aromatic heterocycles. The van der Waals surface area contributed by atoms with Crippen molar-refractivity contribution in [3.63, 3.8) is 0 Å². The standard InChI is InChI=1S/C19H17ClN2O4/c20-14-9-16-17(26-8-7-25-16)10-15(14)22-19(24)12-3-5-13(6-4-12)21-18(23)11-1-2-11/h3-6,9-11H,1-2,7-8H2,(H,21,23)(H,22,24). The minimum absolute atomic E-state index is 0.0326. The molecule has 0 atom stereocenters. The number of hydrogen-bond acceptors (Lipinski definition) is 4. The number of hydrogen-bond donors (Lipinski definition) is 2. The van der Waals surface area contributed by atoms with Crippen LogP contribution in [0.3, 0.4) is 0 Å². The number of halogens is 1. The fraction of sp³-hybridized carbons (Fsp3) is 0.263. The average molecular weight is 373 g/mol. The number of carbonyl (C=O) groups is 2. The molecule has 26 heavy (non-hydrogen) atoms. The van der Waals surface area contributed by atoms with Crippen molar-refractivity contribution in [3.05, 3.63) is 47.0 Å². The van der Waals surface area contributed by atoms with Gasteiger partial charge < -0.3 is 20.1 Å². The molecule has 2 amide bonds. The first-order chi connectivity index (χ1) is 12.6. The number of fused-ring (bicyclic) bond motifs is 1. The highest BCUT2D eigenvalue weighted by Crippen LogP contribution is 2.38. The van der Waals surface area contributed by atoms with E-state index in [0.29, 0.717) is 46.7 Å². The lowest BCUT2D eigenvalue weighted by molar-refractivity contribution is -0.117. The molecule has 0 radical (unpaired) electrons. The van der Waals surface area contributed by atoms with E-state index in [1.807, 2.05) is 0 Å². The SMILES string of the molecule is O=C(Nc1cc2c(cc1Cl)OCCO2)c1ccc(NC(=O)C2CC2)cc1. The highest BCUT2D eigenvalue weighted by Gasteiger charge is 2.29. The lowest BCUT2D eigenvalue weighted by Gasteiger charge is -2.20. The molecule has 1 aliphatic carbocycles. The Bertz CT molecular complexity index is 863. The van der Waals surface area contributed by atoms with Crippen LogP contribution in [0.15, 0.2) is 36.4 Å². The molecule has 4 rings (SSSR count). The van der Waals surface area contributed by atoms with Crippen LogP contribution in [0.5, 0.6) is 11.5 Å². The highest BCUT2D eigenvalue weighted by molar-refractivity contribution is 6.34. The van der Waals surface area contributed by atoms with E-state index in [9.17, 15) is 9.59 Å². The first kappa shape index (κ1) is 16.7. The van der Waals surface area contributed by atoms with Gasteiger partial charge in [-0.05, 0) is 37.1 Å². The molecule has 1 fully saturated rings. The maximum Gasteiger partial charge on any atom is 0.255 e. The van der Waals surface area contributed by atoms with Crippen molar-refractivity contribution in [1.29, 1.82) is 0 Å². The van der Waals surface area contributed by atoms with Crippen LogP contribution in [0.2, 0.25) is 5.02 Å². The van der Waals surface area contributed by atoms with E-state index < -0.39 is 0 Å². The topological polar surface area (TPSA) is 76.7 Å². The van der Waals surface area contributed by atoms with Gasteiger partial charge >= 0.3 is 0 Å². The molecule has 2 N–H and O–H groups in total. The summed E-state index contributed by atoms with van der Waals surface area (Å²) >= 11 is 6.21. The van der Waals surface area contributed by atoms with Crippen molar-refractivity contribution in [2.24, 2.45) is 5.92 Å². The maximum absolute atomic E-state index is 12.5. The van der Waals surface area contributed by atoms with E-state index in [0.717, 1.165) is 12.8 Å². The van der Waals surface area contributed by atoms with E-state index in [2.05, 4.69) is 10.6 Å². The number of ether oxygens (including phenoxy) is 2. The Hall–Kier alpha value is -2.73. The molecule has 0 saturated heterocycles. The van der Waals surface area contributed by atoms with Crippen LogP contribution in [-0.2, 0) is 4.79 Å². The number of carbonyl (C=O) groups excluding carboxylic acids is 2. The van der Waals surface area contributed by atoms with Crippen LogP contribution in [0, 0.1) is 5.92 Å². The van der Waals surface area contributed by atoms with Gasteiger partial charge in [0.25, 0.3) is 5.91 Å². The monoisotopic (exact) mass is 372 g/mol. The largest absolute Gasteiger partial charge is 0.486 e. The van der Waals surface area contributed by atoms with Crippen LogP contribution in [-0.4, -0.2) is 25.0 Å². The summed E-state index contributed by atoms with van der Waals surface area (Å²) in [5.74, 6) is 0.980. The van der Waals surface area contributed by atoms with Crippen molar-refractivity contribution in [2.75, 3.05) is 23.8 Å². The van der Waals surface area contributed by atoms with Gasteiger partial charge in [-0.25, -0.2) is 0 Å². The van der Waals surface area contributed by atoms with Crippen molar-refractivity contribution in [2.45, 2.75) is 12.8 Å². The third kappa shape index (κ3) is 3.60. The average Bonchev–Trinajstić information content (AvgIpc) is 3.48. The Morgan fingerprint density at radius 2 is 1.62 bits per heavy atom. The van der Waals surface area contributed by atoms with Crippen LogP contribution in [0.25, 0.3) is 0 Å². The Labute approximate surface area is 155 Å². The molecule has 6 nitrogen and oxygen atoms in total. The Kier molecular flexibility index (Phi) is 4.42. The Morgan fingerprint density at radius 1 is 0.962 bits per heavy atom. The van der Waals surface area contributed by atoms with Gasteiger partial charge in [0.05, 0.1) is 10.7 Å². The Morgan fingerprint density at radius 3 is 2.27 bits per heavy atom. The zero-order valence-electron chi connectivity index (χ0n) is 13.9. The molecule has 1 heterocycles. The first-order valence-corrected chi connectivity index (χ1v) is 8.79. The first-order valence-electron chi connectivity index (χ1n) is 8.41. The quantitative estimate of drug-likeness (QED) is 0.857. The normalized spacial score (nSPS) is 15.3. The fourth-order valence-electron chi connectivity index (χ4n) is 2.65. The summed E-state index contributed by atoms with van der Waals surface area (Å²) in [4.78, 5) is 24.2. The maximum atomic E-state index is 12.5. The van der Waals surface area contributed by atoms with Crippen LogP contribution < -0.4 is 20.1 Å². The summed E-state index contributed by atoms with van der Waals surface area (Å²) in [7, 11) is 0. The fourth-order valence-corrected chi connectivity index (χ4v) is 2.85. The second-order valence-corrected chi connectivity index (χ2v) is 6.68. The van der Waals surface area contributed by atoms with Gasteiger partial charge in [-0.3, -0.25) is 9.59 Å². The number of nitrogens with one attached hydrogen (secondary N) is 2. The summed E-state index contributed by atoms with van der Waals surface area (Å²) in [5, 5.41) is 5.98. The number of anilines is 2. The molecule has 0 unspecified atom stereocenters. The zero-order valence-corrected chi connectivity index (χ0v) is 14.6. The molecule has 2 aromatic carbocycles. The molecule has 1 aliphatic heterocycles. The second-order valence-electron chi connectivity index (χ2n) is 6.27. The minimum Gasteiger partial charge on any atom is -0.486 e. The summed E-state index contributed by atoms with van der Waals surface area (Å²) in [6.07, 6.45) is 1.89. The predicted octanol–water partition coefficient (Wildman–Crippen LogP) is 3.71. The second kappa shape index (κ2) is 6.88. The molecule has 0 spiro atoms. The molecule has 0 bridgehead atoms. The van der Waals surface area contributed by atoms with Gasteiger partial charge in [0.1, 0.15) is 13.2 Å². The van der Waals surface area contributed by atoms with Crippen molar-refractivity contribution in [3.8, 4) is 11.5 Å². The smallest absolute Gasteiger partial charge is 0.255 e. The molecule has 2 aliphatic rings.